The summed E-state index contributed by atoms with van der Waals surface area (Å²) in [6.45, 7) is 2.23. The molecule has 0 amide bonds. The third-order valence-electron chi connectivity index (χ3n) is 4.47. The molecule has 0 saturated carbocycles. The lowest BCUT2D eigenvalue weighted by Gasteiger charge is -2.33. The van der Waals surface area contributed by atoms with Crippen molar-refractivity contribution in [3.05, 3.63) is 59.9 Å². The Morgan fingerprint density at radius 2 is 1.64 bits per heavy atom. The van der Waals surface area contributed by atoms with Gasteiger partial charge in [0, 0.05) is 25.0 Å². The highest BCUT2D eigenvalue weighted by Gasteiger charge is 2.20. The first-order chi connectivity index (χ1) is 11.9. The van der Waals surface area contributed by atoms with Crippen molar-refractivity contribution in [2.24, 2.45) is 0 Å². The summed E-state index contributed by atoms with van der Waals surface area (Å²) in [4.78, 5) is 2.58. The van der Waals surface area contributed by atoms with E-state index in [0.717, 1.165) is 37.2 Å². The normalized spacial score (nSPS) is 16.2. The first-order valence-electron chi connectivity index (χ1n) is 8.33. The van der Waals surface area contributed by atoms with Gasteiger partial charge in [-0.25, -0.2) is 12.8 Å². The zero-order valence-electron chi connectivity index (χ0n) is 14.2. The Morgan fingerprint density at radius 3 is 2.20 bits per heavy atom. The standard InChI is InChI=1S/C19H22FNO3S/c1-25(22,23)19-8-6-17(7-9-19)21-12-10-18(11-13-21)24-14-15-2-4-16(20)5-3-15/h2-9,18H,10-14H2,1H3. The van der Waals surface area contributed by atoms with Gasteiger partial charge in [0.2, 0.25) is 0 Å². The van der Waals surface area contributed by atoms with Gasteiger partial charge in [0.25, 0.3) is 0 Å². The number of rotatable bonds is 5. The van der Waals surface area contributed by atoms with Gasteiger partial charge in [-0.2, -0.15) is 0 Å². The van der Waals surface area contributed by atoms with Gasteiger partial charge >= 0.3 is 0 Å². The predicted octanol–water partition coefficient (Wildman–Crippen LogP) is 3.41. The Balaban J connectivity index is 1.50. The summed E-state index contributed by atoms with van der Waals surface area (Å²) < 4.78 is 41.9. The van der Waals surface area contributed by atoms with Crippen molar-refractivity contribution < 1.29 is 17.5 Å². The molecule has 134 valence electrons. The second-order valence-electron chi connectivity index (χ2n) is 6.39. The van der Waals surface area contributed by atoms with Crippen molar-refractivity contribution >= 4 is 15.5 Å². The number of hydrogen-bond donors (Lipinski definition) is 0. The van der Waals surface area contributed by atoms with E-state index < -0.39 is 9.84 Å². The molecule has 0 aromatic heterocycles. The van der Waals surface area contributed by atoms with Gasteiger partial charge in [-0.15, -0.1) is 0 Å². The van der Waals surface area contributed by atoms with Crippen LogP contribution in [0.1, 0.15) is 18.4 Å². The van der Waals surface area contributed by atoms with Crippen LogP contribution in [0.25, 0.3) is 0 Å². The fourth-order valence-corrected chi connectivity index (χ4v) is 3.61. The highest BCUT2D eigenvalue weighted by molar-refractivity contribution is 7.90. The van der Waals surface area contributed by atoms with E-state index in [9.17, 15) is 12.8 Å². The highest BCUT2D eigenvalue weighted by atomic mass is 32.2. The molecular weight excluding hydrogens is 341 g/mol. The molecular formula is C19H22FNO3S. The monoisotopic (exact) mass is 363 g/mol. The quantitative estimate of drug-likeness (QED) is 0.817. The van der Waals surface area contributed by atoms with Crippen LogP contribution in [0.5, 0.6) is 0 Å². The Morgan fingerprint density at radius 1 is 1.04 bits per heavy atom. The maximum Gasteiger partial charge on any atom is 0.175 e. The average Bonchev–Trinajstić information content (AvgIpc) is 2.61. The lowest BCUT2D eigenvalue weighted by atomic mass is 10.1. The molecule has 1 fully saturated rings. The molecule has 0 atom stereocenters. The SMILES string of the molecule is CS(=O)(=O)c1ccc(N2CCC(OCc3ccc(F)cc3)CC2)cc1. The zero-order chi connectivity index (χ0) is 17.9. The molecule has 0 bridgehead atoms. The third-order valence-corrected chi connectivity index (χ3v) is 5.60. The van der Waals surface area contributed by atoms with Crippen molar-refractivity contribution in [2.75, 3.05) is 24.2 Å². The Kier molecular flexibility index (Phi) is 5.39. The second kappa shape index (κ2) is 7.54. The van der Waals surface area contributed by atoms with Gasteiger partial charge < -0.3 is 9.64 Å². The lowest BCUT2D eigenvalue weighted by molar-refractivity contribution is 0.0251. The van der Waals surface area contributed by atoms with E-state index in [-0.39, 0.29) is 11.9 Å². The number of nitrogens with zero attached hydrogens (tertiary/aromatic N) is 1. The maximum atomic E-state index is 12.9. The number of halogens is 1. The highest BCUT2D eigenvalue weighted by Crippen LogP contribution is 2.23. The van der Waals surface area contributed by atoms with E-state index in [1.54, 1.807) is 24.3 Å². The van der Waals surface area contributed by atoms with Gasteiger partial charge in [-0.1, -0.05) is 12.1 Å². The van der Waals surface area contributed by atoms with Gasteiger partial charge in [0.1, 0.15) is 5.82 Å². The minimum Gasteiger partial charge on any atom is -0.373 e. The number of benzene rings is 2. The van der Waals surface area contributed by atoms with Crippen LogP contribution >= 0.6 is 0 Å². The van der Waals surface area contributed by atoms with Crippen molar-refractivity contribution in [1.29, 1.82) is 0 Å². The number of ether oxygens (including phenoxy) is 1. The summed E-state index contributed by atoms with van der Waals surface area (Å²) in [7, 11) is -3.16. The molecule has 25 heavy (non-hydrogen) atoms. The minimum atomic E-state index is -3.16. The largest absolute Gasteiger partial charge is 0.373 e. The molecule has 1 heterocycles. The van der Waals surface area contributed by atoms with Crippen LogP contribution in [-0.2, 0) is 21.2 Å². The Labute approximate surface area is 148 Å². The smallest absolute Gasteiger partial charge is 0.175 e. The molecule has 2 aromatic carbocycles. The van der Waals surface area contributed by atoms with Crippen molar-refractivity contribution in [1.82, 2.24) is 0 Å². The van der Waals surface area contributed by atoms with Crippen LogP contribution in [0.15, 0.2) is 53.4 Å². The van der Waals surface area contributed by atoms with Gasteiger partial charge in [0.05, 0.1) is 17.6 Å². The molecule has 0 radical (unpaired) electrons. The molecule has 1 aliphatic heterocycles. The van der Waals surface area contributed by atoms with Crippen LogP contribution in [0, 0.1) is 5.82 Å². The number of piperidine rings is 1. The lowest BCUT2D eigenvalue weighted by Crippen LogP contribution is -2.37. The van der Waals surface area contributed by atoms with Gasteiger partial charge in [-0.05, 0) is 54.8 Å². The fourth-order valence-electron chi connectivity index (χ4n) is 2.98. The number of anilines is 1. The Hall–Kier alpha value is -1.92. The van der Waals surface area contributed by atoms with E-state index >= 15 is 0 Å². The van der Waals surface area contributed by atoms with Crippen molar-refractivity contribution in [3.8, 4) is 0 Å². The topological polar surface area (TPSA) is 46.6 Å². The molecule has 0 N–H and O–H groups in total. The summed E-state index contributed by atoms with van der Waals surface area (Å²) in [5.41, 5.74) is 2.00. The Bertz CT molecular complexity index is 796. The van der Waals surface area contributed by atoms with Gasteiger partial charge in [-0.3, -0.25) is 0 Å². The first kappa shape index (κ1) is 17.9. The molecule has 1 saturated heterocycles. The summed E-state index contributed by atoms with van der Waals surface area (Å²) in [5.74, 6) is -0.237. The molecule has 3 rings (SSSR count). The van der Waals surface area contributed by atoms with Crippen molar-refractivity contribution in [2.45, 2.75) is 30.4 Å². The molecule has 6 heteroatoms. The van der Waals surface area contributed by atoms with E-state index in [1.807, 2.05) is 12.1 Å². The van der Waals surface area contributed by atoms with Crippen LogP contribution in [0.4, 0.5) is 10.1 Å². The summed E-state index contributed by atoms with van der Waals surface area (Å²) in [6, 6.07) is 13.4. The first-order valence-corrected chi connectivity index (χ1v) is 10.2. The molecule has 0 unspecified atom stereocenters. The van der Waals surface area contributed by atoms with Crippen LogP contribution < -0.4 is 4.90 Å². The molecule has 1 aliphatic rings. The van der Waals surface area contributed by atoms with E-state index in [0.29, 0.717) is 11.5 Å². The predicted molar refractivity (Wildman–Crippen MR) is 96.0 cm³/mol. The second-order valence-corrected chi connectivity index (χ2v) is 8.41. The number of hydrogen-bond acceptors (Lipinski definition) is 4. The molecule has 0 spiro atoms. The zero-order valence-corrected chi connectivity index (χ0v) is 15.0. The summed E-state index contributed by atoms with van der Waals surface area (Å²) >= 11 is 0. The third kappa shape index (κ3) is 4.80. The number of sulfone groups is 1. The van der Waals surface area contributed by atoms with Gasteiger partial charge in [0.15, 0.2) is 9.84 Å². The van der Waals surface area contributed by atoms with Crippen LogP contribution in [0.3, 0.4) is 0 Å². The maximum absolute atomic E-state index is 12.9. The molecule has 4 nitrogen and oxygen atoms in total. The average molecular weight is 363 g/mol. The van der Waals surface area contributed by atoms with E-state index in [2.05, 4.69) is 4.90 Å². The van der Waals surface area contributed by atoms with E-state index in [1.165, 1.54) is 18.4 Å². The molecule has 0 aliphatic carbocycles. The van der Waals surface area contributed by atoms with Crippen molar-refractivity contribution in [3.63, 3.8) is 0 Å². The summed E-state index contributed by atoms with van der Waals surface area (Å²) in [6.07, 6.45) is 3.23. The van der Waals surface area contributed by atoms with E-state index in [4.69, 9.17) is 4.74 Å². The van der Waals surface area contributed by atoms with Crippen LogP contribution in [-0.4, -0.2) is 33.9 Å². The molecule has 2 aromatic rings. The fraction of sp³-hybridized carbons (Fsp3) is 0.368. The minimum absolute atomic E-state index is 0.191. The summed E-state index contributed by atoms with van der Waals surface area (Å²) in [5, 5.41) is 0. The van der Waals surface area contributed by atoms with Crippen LogP contribution in [0.2, 0.25) is 0 Å².